The summed E-state index contributed by atoms with van der Waals surface area (Å²) in [6.45, 7) is 5.74. The van der Waals surface area contributed by atoms with E-state index in [1.54, 1.807) is 19.1 Å². The van der Waals surface area contributed by atoms with Gasteiger partial charge in [-0.25, -0.2) is 13.4 Å². The number of benzene rings is 3. The summed E-state index contributed by atoms with van der Waals surface area (Å²) in [6.07, 6.45) is 0.953. The van der Waals surface area contributed by atoms with E-state index in [2.05, 4.69) is 34.7 Å². The predicted octanol–water partition coefficient (Wildman–Crippen LogP) is 5.03. The van der Waals surface area contributed by atoms with Crippen molar-refractivity contribution in [3.8, 4) is 0 Å². The van der Waals surface area contributed by atoms with Crippen LogP contribution in [0.25, 0.3) is 16.6 Å². The first-order valence-electron chi connectivity index (χ1n) is 10.7. The number of nitrogens with zero attached hydrogens (tertiary/aromatic N) is 4. The Morgan fingerprint density at radius 2 is 1.73 bits per heavy atom. The highest BCUT2D eigenvalue weighted by Gasteiger charge is 2.28. The number of rotatable bonds is 5. The van der Waals surface area contributed by atoms with E-state index in [1.165, 1.54) is 10.1 Å². The van der Waals surface area contributed by atoms with E-state index in [-0.39, 0.29) is 15.6 Å². The lowest BCUT2D eigenvalue weighted by Crippen LogP contribution is -2.07. The summed E-state index contributed by atoms with van der Waals surface area (Å²) in [5, 5.41) is 12.2. The van der Waals surface area contributed by atoms with Gasteiger partial charge in [-0.15, -0.1) is 5.10 Å². The zero-order valence-corrected chi connectivity index (χ0v) is 19.4. The number of nitrogens with one attached hydrogen (secondary N) is 1. The zero-order valence-electron chi connectivity index (χ0n) is 18.6. The van der Waals surface area contributed by atoms with E-state index < -0.39 is 9.84 Å². The largest absolute Gasteiger partial charge is 0.340 e. The molecular formula is C25H23N5O2S. The molecule has 33 heavy (non-hydrogen) atoms. The third-order valence-electron chi connectivity index (χ3n) is 5.73. The average molecular weight is 458 g/mol. The van der Waals surface area contributed by atoms with Crippen LogP contribution < -0.4 is 5.32 Å². The molecule has 0 fully saturated rings. The third kappa shape index (κ3) is 3.62. The van der Waals surface area contributed by atoms with Gasteiger partial charge in [0.05, 0.1) is 10.4 Å². The predicted molar refractivity (Wildman–Crippen MR) is 129 cm³/mol. The number of hydrogen-bond donors (Lipinski definition) is 1. The number of para-hydroxylation sites is 1. The monoisotopic (exact) mass is 457 g/mol. The second-order valence-corrected chi connectivity index (χ2v) is 9.89. The quantitative estimate of drug-likeness (QED) is 0.398. The lowest BCUT2D eigenvalue weighted by Gasteiger charge is -2.11. The molecule has 0 saturated heterocycles. The van der Waals surface area contributed by atoms with Crippen molar-refractivity contribution in [2.45, 2.75) is 37.1 Å². The summed E-state index contributed by atoms with van der Waals surface area (Å²) in [5.74, 6) is 0.544. The number of fused-ring (bicyclic) bond motifs is 3. The molecule has 5 rings (SSSR count). The molecule has 0 aliphatic carbocycles. The van der Waals surface area contributed by atoms with Gasteiger partial charge < -0.3 is 5.32 Å². The lowest BCUT2D eigenvalue weighted by atomic mass is 10.1. The molecule has 0 spiro atoms. The Balaban J connectivity index is 1.72. The van der Waals surface area contributed by atoms with Crippen LogP contribution in [0.1, 0.15) is 23.6 Å². The fourth-order valence-corrected chi connectivity index (χ4v) is 5.43. The van der Waals surface area contributed by atoms with Gasteiger partial charge in [0.1, 0.15) is 5.82 Å². The van der Waals surface area contributed by atoms with Crippen LogP contribution in [-0.2, 0) is 16.3 Å². The summed E-state index contributed by atoms with van der Waals surface area (Å²) in [6, 6.07) is 21.0. The Kier molecular flexibility index (Phi) is 5.09. The number of anilines is 2. The first-order valence-corrected chi connectivity index (χ1v) is 12.2. The topological polar surface area (TPSA) is 89.2 Å². The van der Waals surface area contributed by atoms with Gasteiger partial charge in [-0.1, -0.05) is 48.5 Å². The molecule has 2 aromatic heterocycles. The Morgan fingerprint density at radius 1 is 0.970 bits per heavy atom. The maximum atomic E-state index is 13.6. The molecule has 166 valence electrons. The van der Waals surface area contributed by atoms with Crippen molar-refractivity contribution in [3.63, 3.8) is 0 Å². The molecule has 5 aromatic rings. The normalized spacial score (nSPS) is 11.8. The van der Waals surface area contributed by atoms with Gasteiger partial charge in [0.15, 0.2) is 5.65 Å². The maximum absolute atomic E-state index is 13.6. The molecule has 0 aliphatic heterocycles. The molecule has 0 radical (unpaired) electrons. The second kappa shape index (κ2) is 7.97. The van der Waals surface area contributed by atoms with Crippen molar-refractivity contribution in [1.29, 1.82) is 0 Å². The van der Waals surface area contributed by atoms with Crippen LogP contribution in [-0.4, -0.2) is 28.2 Å². The first-order chi connectivity index (χ1) is 15.9. The summed E-state index contributed by atoms with van der Waals surface area (Å²) in [7, 11) is -3.93. The zero-order chi connectivity index (χ0) is 23.2. The lowest BCUT2D eigenvalue weighted by molar-refractivity contribution is 0.592. The molecule has 0 bridgehead atoms. The van der Waals surface area contributed by atoms with Crippen LogP contribution in [0.3, 0.4) is 0 Å². The van der Waals surface area contributed by atoms with Crippen molar-refractivity contribution in [3.05, 3.63) is 83.4 Å². The van der Waals surface area contributed by atoms with Crippen LogP contribution in [0.5, 0.6) is 0 Å². The Morgan fingerprint density at radius 3 is 2.48 bits per heavy atom. The van der Waals surface area contributed by atoms with E-state index in [0.717, 1.165) is 23.1 Å². The standard InChI is InChI=1S/C25H23N5O2S/c1-4-18-11-13-19(14-12-18)26-23-20-7-5-6-8-21(20)30-24(27-23)25(28-29-30)33(31,32)22-15-16(2)9-10-17(22)3/h5-15H,4H2,1-3H3,(H,26,27). The highest BCUT2D eigenvalue weighted by molar-refractivity contribution is 7.91. The minimum atomic E-state index is -3.93. The van der Waals surface area contributed by atoms with E-state index in [4.69, 9.17) is 4.98 Å². The highest BCUT2D eigenvalue weighted by Crippen LogP contribution is 2.30. The SMILES string of the molecule is CCc1ccc(Nc2nc3c(S(=O)(=O)c4cc(C)ccc4C)nnn3c3ccccc23)cc1. The number of aromatic nitrogens is 4. The van der Waals surface area contributed by atoms with E-state index in [9.17, 15) is 8.42 Å². The van der Waals surface area contributed by atoms with Crippen LogP contribution in [0.15, 0.2) is 76.7 Å². The molecule has 8 heteroatoms. The van der Waals surface area contributed by atoms with Crippen molar-refractivity contribution in [2.24, 2.45) is 0 Å². The molecule has 0 unspecified atom stereocenters. The van der Waals surface area contributed by atoms with Crippen LogP contribution in [0.4, 0.5) is 11.5 Å². The van der Waals surface area contributed by atoms with Gasteiger partial charge >= 0.3 is 0 Å². The molecule has 7 nitrogen and oxygen atoms in total. The third-order valence-corrected chi connectivity index (χ3v) is 7.53. The smallest absolute Gasteiger partial charge is 0.229 e. The number of hydrogen-bond acceptors (Lipinski definition) is 6. The molecular weight excluding hydrogens is 434 g/mol. The maximum Gasteiger partial charge on any atom is 0.229 e. The molecule has 2 heterocycles. The van der Waals surface area contributed by atoms with E-state index in [0.29, 0.717) is 16.9 Å². The Labute approximate surface area is 192 Å². The molecule has 3 aromatic carbocycles. The Hall–Kier alpha value is -3.78. The molecule has 1 N–H and O–H groups in total. The van der Waals surface area contributed by atoms with Crippen molar-refractivity contribution >= 4 is 37.9 Å². The minimum absolute atomic E-state index is 0.161. The van der Waals surface area contributed by atoms with Gasteiger partial charge in [0.2, 0.25) is 14.9 Å². The molecule has 0 amide bonds. The first kappa shape index (κ1) is 21.1. The minimum Gasteiger partial charge on any atom is -0.340 e. The number of sulfone groups is 1. The van der Waals surface area contributed by atoms with Crippen LogP contribution >= 0.6 is 0 Å². The summed E-state index contributed by atoms with van der Waals surface area (Å²) < 4.78 is 28.6. The average Bonchev–Trinajstić information content (AvgIpc) is 3.26. The summed E-state index contributed by atoms with van der Waals surface area (Å²) in [4.78, 5) is 4.91. The van der Waals surface area contributed by atoms with Crippen LogP contribution in [0, 0.1) is 13.8 Å². The fraction of sp³-hybridized carbons (Fsp3) is 0.160. The molecule has 0 atom stereocenters. The van der Waals surface area contributed by atoms with Crippen molar-refractivity contribution < 1.29 is 8.42 Å². The summed E-state index contributed by atoms with van der Waals surface area (Å²) >= 11 is 0. The Bertz CT molecular complexity index is 1610. The molecule has 0 saturated carbocycles. The van der Waals surface area contributed by atoms with Gasteiger partial charge in [0.25, 0.3) is 0 Å². The van der Waals surface area contributed by atoms with Crippen molar-refractivity contribution in [2.75, 3.05) is 5.32 Å². The van der Waals surface area contributed by atoms with Gasteiger partial charge in [0, 0.05) is 11.1 Å². The van der Waals surface area contributed by atoms with E-state index in [1.807, 2.05) is 49.4 Å². The van der Waals surface area contributed by atoms with Gasteiger partial charge in [-0.2, -0.15) is 4.52 Å². The highest BCUT2D eigenvalue weighted by atomic mass is 32.2. The number of aryl methyl sites for hydroxylation is 3. The van der Waals surface area contributed by atoms with Gasteiger partial charge in [-0.05, 0) is 67.3 Å². The van der Waals surface area contributed by atoms with Gasteiger partial charge in [-0.3, -0.25) is 0 Å². The second-order valence-electron chi connectivity index (χ2n) is 8.06. The van der Waals surface area contributed by atoms with Crippen molar-refractivity contribution in [1.82, 2.24) is 19.8 Å². The molecule has 0 aliphatic rings. The van der Waals surface area contributed by atoms with Crippen LogP contribution in [0.2, 0.25) is 0 Å². The fourth-order valence-electron chi connectivity index (χ4n) is 3.88. The summed E-state index contributed by atoms with van der Waals surface area (Å²) in [5.41, 5.74) is 4.49. The van der Waals surface area contributed by atoms with E-state index >= 15 is 0 Å².